The summed E-state index contributed by atoms with van der Waals surface area (Å²) in [4.78, 5) is 62.2. The number of amides is 4. The van der Waals surface area contributed by atoms with Crippen molar-refractivity contribution in [1.82, 2.24) is 21.3 Å². The third kappa shape index (κ3) is 11.7. The predicted molar refractivity (Wildman–Crippen MR) is 144 cm³/mol. The van der Waals surface area contributed by atoms with Crippen LogP contribution in [0.25, 0.3) is 0 Å². The Labute approximate surface area is 228 Å². The first-order chi connectivity index (χ1) is 18.3. The van der Waals surface area contributed by atoms with Crippen molar-refractivity contribution < 1.29 is 34.2 Å². The van der Waals surface area contributed by atoms with Crippen LogP contribution < -0.4 is 32.7 Å². The summed E-state index contributed by atoms with van der Waals surface area (Å²) >= 11 is 0. The van der Waals surface area contributed by atoms with E-state index in [-0.39, 0.29) is 24.5 Å². The molecule has 0 radical (unpaired) electrons. The number of carboxylic acids is 1. The number of phenols is 1. The number of aliphatic carboxylic acids is 1. The summed E-state index contributed by atoms with van der Waals surface area (Å²) < 4.78 is 0. The van der Waals surface area contributed by atoms with Gasteiger partial charge in [0.25, 0.3) is 0 Å². The number of hydrogen-bond donors (Lipinski definition) is 8. The van der Waals surface area contributed by atoms with Gasteiger partial charge in [-0.05, 0) is 69.7 Å². The van der Waals surface area contributed by atoms with Gasteiger partial charge in [-0.15, -0.1) is 0 Å². The van der Waals surface area contributed by atoms with Gasteiger partial charge in [-0.2, -0.15) is 0 Å². The fourth-order valence-electron chi connectivity index (χ4n) is 3.58. The van der Waals surface area contributed by atoms with Crippen molar-refractivity contribution in [3.05, 3.63) is 29.8 Å². The van der Waals surface area contributed by atoms with Crippen molar-refractivity contribution in [2.45, 2.75) is 83.6 Å². The first-order valence-corrected chi connectivity index (χ1v) is 12.9. The van der Waals surface area contributed by atoms with Crippen LogP contribution in [0.3, 0.4) is 0 Å². The molecule has 10 N–H and O–H groups in total. The van der Waals surface area contributed by atoms with Gasteiger partial charge in [0.1, 0.15) is 29.9 Å². The largest absolute Gasteiger partial charge is 0.508 e. The number of phenolic OH excluding ortho intramolecular Hbond substituents is 1. The quantitative estimate of drug-likeness (QED) is 0.119. The van der Waals surface area contributed by atoms with E-state index in [2.05, 4.69) is 21.3 Å². The number of carbonyl (C=O) groups excluding carboxylic acids is 4. The molecule has 0 unspecified atom stereocenters. The molecule has 0 heterocycles. The lowest BCUT2D eigenvalue weighted by atomic mass is 10.00. The van der Waals surface area contributed by atoms with Crippen LogP contribution in [0.1, 0.15) is 52.5 Å². The zero-order chi connectivity index (χ0) is 29.7. The van der Waals surface area contributed by atoms with Gasteiger partial charge in [0.15, 0.2) is 0 Å². The summed E-state index contributed by atoms with van der Waals surface area (Å²) in [6.07, 6.45) is 1.53. The molecule has 1 rings (SSSR count). The third-order valence-electron chi connectivity index (χ3n) is 6.04. The van der Waals surface area contributed by atoms with E-state index in [0.29, 0.717) is 19.4 Å². The highest BCUT2D eigenvalue weighted by Crippen LogP contribution is 2.12. The minimum atomic E-state index is -1.22. The van der Waals surface area contributed by atoms with Gasteiger partial charge in [-0.25, -0.2) is 0 Å². The zero-order valence-corrected chi connectivity index (χ0v) is 22.9. The number of aromatic hydroxyl groups is 1. The molecule has 0 aliphatic rings. The van der Waals surface area contributed by atoms with Crippen molar-refractivity contribution in [2.24, 2.45) is 17.4 Å². The summed E-state index contributed by atoms with van der Waals surface area (Å²) in [6, 6.07) is 1.06. The molecular formula is C26H42N6O7. The fourth-order valence-corrected chi connectivity index (χ4v) is 3.58. The molecule has 0 aromatic heterocycles. The molecule has 39 heavy (non-hydrogen) atoms. The van der Waals surface area contributed by atoms with Crippen LogP contribution in [0, 0.1) is 5.92 Å². The third-order valence-corrected chi connectivity index (χ3v) is 6.04. The molecule has 0 saturated carbocycles. The topological polar surface area (TPSA) is 226 Å². The Kier molecular flexibility index (Phi) is 13.9. The van der Waals surface area contributed by atoms with Crippen LogP contribution >= 0.6 is 0 Å². The number of nitrogens with one attached hydrogen (secondary N) is 4. The van der Waals surface area contributed by atoms with E-state index in [4.69, 9.17) is 16.6 Å². The summed E-state index contributed by atoms with van der Waals surface area (Å²) in [7, 11) is 0. The Morgan fingerprint density at radius 3 is 1.92 bits per heavy atom. The van der Waals surface area contributed by atoms with Gasteiger partial charge in [-0.3, -0.25) is 24.0 Å². The van der Waals surface area contributed by atoms with Gasteiger partial charge >= 0.3 is 5.97 Å². The first-order valence-electron chi connectivity index (χ1n) is 12.9. The summed E-state index contributed by atoms with van der Waals surface area (Å²) in [6.45, 7) is 6.54. The second-order valence-electron chi connectivity index (χ2n) is 9.85. The van der Waals surface area contributed by atoms with E-state index in [1.54, 1.807) is 26.0 Å². The fraction of sp³-hybridized carbons (Fsp3) is 0.577. The number of unbranched alkanes of at least 4 members (excludes halogenated alkanes) is 1. The van der Waals surface area contributed by atoms with E-state index < -0.39 is 59.8 Å². The van der Waals surface area contributed by atoms with Crippen LogP contribution in [-0.2, 0) is 30.4 Å². The maximum Gasteiger partial charge on any atom is 0.325 e. The van der Waals surface area contributed by atoms with E-state index in [9.17, 15) is 29.1 Å². The minimum Gasteiger partial charge on any atom is -0.508 e. The predicted octanol–water partition coefficient (Wildman–Crippen LogP) is -0.889. The SMILES string of the molecule is CC(C)[C@H](NC(=O)[C@@H](N)Cc1ccc(O)cc1)C(=O)N[C@@H](CCCCN)C(=O)N[C@@H](C)C(=O)N[C@@H](C)C(=O)O. The lowest BCUT2D eigenvalue weighted by Crippen LogP contribution is -2.59. The van der Waals surface area contributed by atoms with E-state index in [1.807, 2.05) is 0 Å². The van der Waals surface area contributed by atoms with Crippen LogP contribution in [-0.4, -0.2) is 76.6 Å². The molecule has 0 saturated heterocycles. The Bertz CT molecular complexity index is 986. The molecule has 5 atom stereocenters. The smallest absolute Gasteiger partial charge is 0.325 e. The standard InChI is InChI=1S/C26H42N6O7/c1-14(2)21(32-23(35)19(28)13-17-8-10-18(33)11-9-17)25(37)31-20(7-5-6-12-27)24(36)29-15(3)22(34)30-16(4)26(38)39/h8-11,14-16,19-21,33H,5-7,12-13,27-28H2,1-4H3,(H,29,36)(H,30,34)(H,31,37)(H,32,35)(H,38,39)/t15-,16-,19-,20-,21-/m0/s1. The zero-order valence-electron chi connectivity index (χ0n) is 22.9. The summed E-state index contributed by atoms with van der Waals surface area (Å²) in [5, 5.41) is 28.5. The average Bonchev–Trinajstić information content (AvgIpc) is 2.87. The van der Waals surface area contributed by atoms with Crippen molar-refractivity contribution in [1.29, 1.82) is 0 Å². The first kappa shape index (κ1) is 33.3. The highest BCUT2D eigenvalue weighted by molar-refractivity contribution is 5.95. The highest BCUT2D eigenvalue weighted by atomic mass is 16.4. The van der Waals surface area contributed by atoms with Crippen molar-refractivity contribution in [3.63, 3.8) is 0 Å². The van der Waals surface area contributed by atoms with Crippen LogP contribution in [0.2, 0.25) is 0 Å². The van der Waals surface area contributed by atoms with Crippen LogP contribution in [0.4, 0.5) is 0 Å². The Balaban J connectivity index is 2.89. The molecule has 1 aromatic rings. The molecule has 0 aliphatic carbocycles. The monoisotopic (exact) mass is 550 g/mol. The van der Waals surface area contributed by atoms with Gasteiger partial charge < -0.3 is 42.9 Å². The molecule has 0 aliphatic heterocycles. The lowest BCUT2D eigenvalue weighted by Gasteiger charge is -2.27. The second kappa shape index (κ2) is 16.3. The van der Waals surface area contributed by atoms with Crippen LogP contribution in [0.15, 0.2) is 24.3 Å². The van der Waals surface area contributed by atoms with Gasteiger partial charge in [-0.1, -0.05) is 26.0 Å². The second-order valence-corrected chi connectivity index (χ2v) is 9.85. The summed E-state index contributed by atoms with van der Waals surface area (Å²) in [5.74, 6) is -3.96. The Morgan fingerprint density at radius 1 is 0.795 bits per heavy atom. The maximum atomic E-state index is 13.2. The number of nitrogens with two attached hydrogens (primary N) is 2. The van der Waals surface area contributed by atoms with Gasteiger partial charge in [0.2, 0.25) is 23.6 Å². The molecule has 4 amide bonds. The molecule has 0 fully saturated rings. The number of carboxylic acid groups (broad SMARTS) is 1. The lowest BCUT2D eigenvalue weighted by molar-refractivity contribution is -0.141. The van der Waals surface area contributed by atoms with Gasteiger partial charge in [0, 0.05) is 0 Å². The molecular weight excluding hydrogens is 508 g/mol. The normalized spacial score (nSPS) is 14.8. The van der Waals surface area contributed by atoms with E-state index in [1.165, 1.54) is 26.0 Å². The van der Waals surface area contributed by atoms with Crippen molar-refractivity contribution in [3.8, 4) is 5.75 Å². The van der Waals surface area contributed by atoms with E-state index in [0.717, 1.165) is 5.56 Å². The Morgan fingerprint density at radius 2 is 1.38 bits per heavy atom. The molecule has 13 nitrogen and oxygen atoms in total. The number of hydrogen-bond acceptors (Lipinski definition) is 8. The van der Waals surface area contributed by atoms with Crippen LogP contribution in [0.5, 0.6) is 5.75 Å². The Hall–Kier alpha value is -3.71. The summed E-state index contributed by atoms with van der Waals surface area (Å²) in [5.41, 5.74) is 12.3. The maximum absolute atomic E-state index is 13.2. The molecule has 218 valence electrons. The van der Waals surface area contributed by atoms with Crippen molar-refractivity contribution >= 4 is 29.6 Å². The van der Waals surface area contributed by atoms with Crippen molar-refractivity contribution in [2.75, 3.05) is 6.54 Å². The van der Waals surface area contributed by atoms with E-state index >= 15 is 0 Å². The number of carbonyl (C=O) groups is 5. The van der Waals surface area contributed by atoms with Gasteiger partial charge in [0.05, 0.1) is 6.04 Å². The number of benzene rings is 1. The number of rotatable bonds is 16. The molecule has 1 aromatic carbocycles. The highest BCUT2D eigenvalue weighted by Gasteiger charge is 2.31. The minimum absolute atomic E-state index is 0.0863. The molecule has 0 bridgehead atoms. The molecule has 13 heteroatoms. The molecule has 0 spiro atoms. The average molecular weight is 551 g/mol.